The van der Waals surface area contributed by atoms with E-state index >= 15 is 0 Å². The van der Waals surface area contributed by atoms with Crippen LogP contribution in [0.1, 0.15) is 0 Å². The Morgan fingerprint density at radius 3 is 2.39 bits per heavy atom. The Labute approximate surface area is 231 Å². The molecule has 10 atom stereocenters. The van der Waals surface area contributed by atoms with Crippen LogP contribution < -0.4 is 85.3 Å². The molecule has 3 rings (SSSR count). The number of aliphatic hydroxyl groups is 2. The van der Waals surface area contributed by atoms with E-state index in [9.17, 15) is 38.6 Å². The summed E-state index contributed by atoms with van der Waals surface area (Å²) in [6.45, 7) is -0.628. The van der Waals surface area contributed by atoms with Gasteiger partial charge in [-0.2, -0.15) is 0 Å². The molecule has 0 radical (unpaired) electrons. The van der Waals surface area contributed by atoms with E-state index in [0.29, 0.717) is 6.67 Å². The van der Waals surface area contributed by atoms with E-state index in [2.05, 4.69) is 28.8 Å². The van der Waals surface area contributed by atoms with E-state index in [0.717, 1.165) is 0 Å². The third-order valence-corrected chi connectivity index (χ3v) is 8.20. The summed E-state index contributed by atoms with van der Waals surface area (Å²) in [5, 5.41) is 26.5. The van der Waals surface area contributed by atoms with E-state index in [1.54, 1.807) is 0 Å². The van der Waals surface area contributed by atoms with Gasteiger partial charge in [0, 0.05) is 6.67 Å². The average Bonchev–Trinajstić information content (AvgIpc) is 3.13. The van der Waals surface area contributed by atoms with Crippen LogP contribution >= 0.6 is 23.5 Å². The van der Waals surface area contributed by atoms with E-state index in [1.807, 2.05) is 0 Å². The molecule has 0 aromatic carbocycles. The number of rotatable bonds is 8. The fraction of sp³-hybridized carbons (Fsp3) is 0.900. The first-order chi connectivity index (χ1) is 14.2. The molecule has 0 bridgehead atoms. The van der Waals surface area contributed by atoms with Crippen molar-refractivity contribution >= 4 is 29.8 Å². The zero-order valence-corrected chi connectivity index (χ0v) is 24.0. The summed E-state index contributed by atoms with van der Waals surface area (Å²) in [5.41, 5.74) is 5.91. The molecule has 8 N–H and O–H groups in total. The number of phosphoric acid groups is 3. The second kappa shape index (κ2) is 12.5. The predicted molar refractivity (Wildman–Crippen MR) is 93.1 cm³/mol. The zero-order valence-electron chi connectivity index (χ0n) is 17.3. The monoisotopic (exact) mass is 557 g/mol. The molecule has 0 aromatic rings. The second-order valence-corrected chi connectivity index (χ2v) is 11.0. The first-order valence-corrected chi connectivity index (χ1v) is 12.9. The zero-order chi connectivity index (χ0) is 23.2. The number of nitrogens with zero attached hydrogens (tertiary/aromatic N) is 2. The van der Waals surface area contributed by atoms with Gasteiger partial charge in [0.1, 0.15) is 30.5 Å². The van der Waals surface area contributed by atoms with E-state index < -0.39 is 73.0 Å². The SMILES string of the molecule is NC1NCNC2C1N=CN2C1OC(COP(=O)(O)OP(=O)([O-])OP(=O)([O-])O)C(O)C1O.[Na+].[Na+]. The molecule has 0 saturated carbocycles. The number of nitrogens with one attached hydrogen (secondary N) is 2. The molecule has 0 aromatic heterocycles. The van der Waals surface area contributed by atoms with Crippen molar-refractivity contribution in [2.75, 3.05) is 13.3 Å². The first kappa shape index (κ1) is 32.7. The third-order valence-electron chi connectivity index (χ3n) is 4.47. The van der Waals surface area contributed by atoms with Crippen molar-refractivity contribution in [2.24, 2.45) is 10.7 Å². The smallest absolute Gasteiger partial charge is 0.756 e. The topological polar surface area (TPSA) is 281 Å². The van der Waals surface area contributed by atoms with E-state index in [-0.39, 0.29) is 59.1 Å². The van der Waals surface area contributed by atoms with Gasteiger partial charge in [-0.3, -0.25) is 29.3 Å². The van der Waals surface area contributed by atoms with Gasteiger partial charge >= 0.3 is 66.9 Å². The van der Waals surface area contributed by atoms with Crippen molar-refractivity contribution in [3.8, 4) is 0 Å². The molecule has 0 spiro atoms. The van der Waals surface area contributed by atoms with Gasteiger partial charge < -0.3 is 45.2 Å². The first-order valence-electron chi connectivity index (χ1n) is 8.49. The van der Waals surface area contributed by atoms with Gasteiger partial charge in [-0.05, 0) is 0 Å². The van der Waals surface area contributed by atoms with Crippen LogP contribution in [0.4, 0.5) is 0 Å². The van der Waals surface area contributed by atoms with Gasteiger partial charge in [-0.15, -0.1) is 0 Å². The Kier molecular flexibility index (Phi) is 12.3. The van der Waals surface area contributed by atoms with E-state index in [4.69, 9.17) is 15.4 Å². The second-order valence-electron chi connectivity index (χ2n) is 6.65. The van der Waals surface area contributed by atoms with Crippen LogP contribution in [0.25, 0.3) is 0 Å². The summed E-state index contributed by atoms with van der Waals surface area (Å²) >= 11 is 0. The fourth-order valence-corrected chi connectivity index (χ4v) is 6.13. The summed E-state index contributed by atoms with van der Waals surface area (Å²) < 4.78 is 50.1. The maximum Gasteiger partial charge on any atom is 1.00 e. The molecule has 3 heterocycles. The standard InChI is InChI=1S/C10H22N5O13P3.2Na/c11-8-5-9(13-2-12-8)15(3-14-5)10-7(17)6(16)4(26-10)1-25-30(21,22)28-31(23,24)27-29(18,19)20;;/h3-10,12-13,16-17H,1-2,11H2,(H,21,22)(H,23,24)(H2,18,19,20);;/q;2*+1/p-2. The molecule has 2 saturated heterocycles. The fourth-order valence-electron chi connectivity index (χ4n) is 3.20. The van der Waals surface area contributed by atoms with Gasteiger partial charge in [0.15, 0.2) is 6.23 Å². The van der Waals surface area contributed by atoms with Crippen LogP contribution in [0.5, 0.6) is 0 Å². The summed E-state index contributed by atoms with van der Waals surface area (Å²) in [5.74, 6) is 0. The summed E-state index contributed by atoms with van der Waals surface area (Å²) in [4.78, 5) is 45.1. The number of hydrogen-bond donors (Lipinski definition) is 7. The predicted octanol–water partition coefficient (Wildman–Crippen LogP) is -11.0. The van der Waals surface area contributed by atoms with Gasteiger partial charge in [0.05, 0.1) is 19.1 Å². The third kappa shape index (κ3) is 8.58. The quantitative estimate of drug-likeness (QED) is 0.108. The number of nitrogens with two attached hydrogens (primary N) is 1. The number of phosphoric ester groups is 1. The Morgan fingerprint density at radius 2 is 1.79 bits per heavy atom. The molecular formula is C10H20N5Na2O13P3. The van der Waals surface area contributed by atoms with Crippen LogP contribution in [0, 0.1) is 0 Å². The summed E-state index contributed by atoms with van der Waals surface area (Å²) in [6, 6.07) is -0.433. The van der Waals surface area contributed by atoms with E-state index in [1.165, 1.54) is 11.2 Å². The molecule has 10 unspecified atom stereocenters. The summed E-state index contributed by atoms with van der Waals surface area (Å²) in [6.07, 6.45) is -5.39. The molecule has 23 heteroatoms. The molecule has 3 aliphatic rings. The van der Waals surface area contributed by atoms with Crippen molar-refractivity contribution in [1.29, 1.82) is 0 Å². The van der Waals surface area contributed by atoms with Gasteiger partial charge in [-0.25, -0.2) is 13.2 Å². The number of ether oxygens (including phenoxy) is 1. The van der Waals surface area contributed by atoms with Gasteiger partial charge in [-0.1, -0.05) is 0 Å². The van der Waals surface area contributed by atoms with Gasteiger partial charge in [0.25, 0.3) is 15.6 Å². The van der Waals surface area contributed by atoms with Crippen LogP contribution in [-0.2, 0) is 31.6 Å². The van der Waals surface area contributed by atoms with Crippen molar-refractivity contribution < 1.29 is 120 Å². The van der Waals surface area contributed by atoms with Crippen LogP contribution in [-0.4, -0.2) is 87.4 Å². The van der Waals surface area contributed by atoms with Crippen LogP contribution in [0.15, 0.2) is 4.99 Å². The largest absolute Gasteiger partial charge is 1.00 e. The van der Waals surface area contributed by atoms with Gasteiger partial charge in [0.2, 0.25) is 0 Å². The number of aliphatic hydroxyl groups excluding tert-OH is 2. The molecule has 180 valence electrons. The van der Waals surface area contributed by atoms with Crippen molar-refractivity contribution in [3.05, 3.63) is 0 Å². The maximum atomic E-state index is 11.7. The Morgan fingerprint density at radius 1 is 1.15 bits per heavy atom. The minimum atomic E-state index is -5.99. The molecule has 0 aliphatic carbocycles. The van der Waals surface area contributed by atoms with Crippen LogP contribution in [0.3, 0.4) is 0 Å². The van der Waals surface area contributed by atoms with Crippen LogP contribution in [0.2, 0.25) is 0 Å². The van der Waals surface area contributed by atoms with Crippen molar-refractivity contribution in [3.63, 3.8) is 0 Å². The normalized spacial score (nSPS) is 38.9. The molecule has 18 nitrogen and oxygen atoms in total. The Hall–Kier alpha value is 1.64. The molecular weight excluding hydrogens is 537 g/mol. The molecule has 0 amide bonds. The Balaban J connectivity index is 0.00000272. The average molecular weight is 557 g/mol. The molecule has 33 heavy (non-hydrogen) atoms. The minimum Gasteiger partial charge on any atom is -0.756 e. The molecule has 3 aliphatic heterocycles. The summed E-state index contributed by atoms with van der Waals surface area (Å²) in [7, 11) is -17.3. The number of fused-ring (bicyclic) bond motifs is 1. The number of hydrogen-bond acceptors (Lipinski definition) is 16. The maximum absolute atomic E-state index is 11.7. The van der Waals surface area contributed by atoms with Crippen molar-refractivity contribution in [1.82, 2.24) is 15.5 Å². The molecule has 2 fully saturated rings. The minimum absolute atomic E-state index is 0. The van der Waals surface area contributed by atoms with Crippen molar-refractivity contribution in [2.45, 2.75) is 42.9 Å². The number of aliphatic imine (C=N–C) groups is 1. The Bertz CT molecular complexity index is 852.